The van der Waals surface area contributed by atoms with Crippen LogP contribution in [-0.4, -0.2) is 35.0 Å². The lowest BCUT2D eigenvalue weighted by molar-refractivity contribution is 0.0929. The van der Waals surface area contributed by atoms with Gasteiger partial charge in [0, 0.05) is 30.5 Å². The third kappa shape index (κ3) is 2.83. The van der Waals surface area contributed by atoms with Crippen molar-refractivity contribution in [1.82, 2.24) is 20.6 Å². The molecule has 1 atom stereocenters. The van der Waals surface area contributed by atoms with Crippen molar-refractivity contribution in [2.24, 2.45) is 0 Å². The summed E-state index contributed by atoms with van der Waals surface area (Å²) in [5.74, 6) is 0.00916. The number of hydrogen-bond acceptors (Lipinski definition) is 4. The summed E-state index contributed by atoms with van der Waals surface area (Å²) in [6.45, 7) is 1.76. The lowest BCUT2D eigenvalue weighted by Crippen LogP contribution is -2.37. The molecule has 20 heavy (non-hydrogen) atoms. The zero-order valence-corrected chi connectivity index (χ0v) is 11.0. The molecule has 2 aromatic rings. The summed E-state index contributed by atoms with van der Waals surface area (Å²) in [4.78, 5) is 20.3. The van der Waals surface area contributed by atoms with E-state index in [1.807, 2.05) is 30.3 Å². The molecule has 2 heterocycles. The Bertz CT molecular complexity index is 577. The Morgan fingerprint density at radius 2 is 1.90 bits per heavy atom. The van der Waals surface area contributed by atoms with Crippen molar-refractivity contribution in [2.75, 3.05) is 13.1 Å². The zero-order chi connectivity index (χ0) is 13.8. The molecule has 0 saturated carbocycles. The summed E-state index contributed by atoms with van der Waals surface area (Å²) in [5.41, 5.74) is 1.95. The molecule has 1 amide bonds. The summed E-state index contributed by atoms with van der Waals surface area (Å²) >= 11 is 0. The lowest BCUT2D eigenvalue weighted by atomic mass is 10.1. The number of benzene rings is 1. The van der Waals surface area contributed by atoms with E-state index in [1.54, 1.807) is 12.4 Å². The molecule has 5 nitrogen and oxygen atoms in total. The molecule has 1 fully saturated rings. The molecular weight excluding hydrogens is 252 g/mol. The van der Waals surface area contributed by atoms with Crippen LogP contribution in [0.2, 0.25) is 0 Å². The van der Waals surface area contributed by atoms with Gasteiger partial charge in [-0.05, 0) is 18.5 Å². The number of carbonyl (C=O) groups excluding carboxylic acids is 1. The number of carbonyl (C=O) groups is 1. The number of nitrogens with one attached hydrogen (secondary N) is 2. The van der Waals surface area contributed by atoms with Crippen LogP contribution in [0.3, 0.4) is 0 Å². The number of nitrogens with zero attached hydrogens (tertiary/aromatic N) is 2. The number of amides is 1. The maximum absolute atomic E-state index is 12.0. The van der Waals surface area contributed by atoms with E-state index in [4.69, 9.17) is 0 Å². The summed E-state index contributed by atoms with van der Waals surface area (Å²) in [7, 11) is 0. The van der Waals surface area contributed by atoms with Crippen LogP contribution < -0.4 is 10.6 Å². The molecule has 0 aliphatic carbocycles. The minimum absolute atomic E-state index is 0.180. The predicted octanol–water partition coefficient (Wildman–Crippen LogP) is 1.24. The van der Waals surface area contributed by atoms with Crippen molar-refractivity contribution >= 4 is 5.91 Å². The maximum Gasteiger partial charge on any atom is 0.289 e. The van der Waals surface area contributed by atoms with Gasteiger partial charge in [0.2, 0.25) is 5.82 Å². The van der Waals surface area contributed by atoms with Gasteiger partial charge < -0.3 is 10.6 Å². The molecule has 0 spiro atoms. The predicted molar refractivity (Wildman–Crippen MR) is 76.2 cm³/mol. The van der Waals surface area contributed by atoms with E-state index >= 15 is 0 Å². The van der Waals surface area contributed by atoms with E-state index in [9.17, 15) is 4.79 Å². The Hall–Kier alpha value is -2.27. The van der Waals surface area contributed by atoms with E-state index in [-0.39, 0.29) is 17.8 Å². The van der Waals surface area contributed by atoms with Crippen molar-refractivity contribution in [3.63, 3.8) is 0 Å². The van der Waals surface area contributed by atoms with Gasteiger partial charge in [0.25, 0.3) is 5.91 Å². The number of rotatable bonds is 3. The van der Waals surface area contributed by atoms with Crippen LogP contribution in [0.25, 0.3) is 11.1 Å². The van der Waals surface area contributed by atoms with E-state index in [2.05, 4.69) is 20.6 Å². The molecule has 5 heteroatoms. The minimum Gasteiger partial charge on any atom is -0.345 e. The van der Waals surface area contributed by atoms with Gasteiger partial charge in [-0.1, -0.05) is 30.3 Å². The highest BCUT2D eigenvalue weighted by molar-refractivity contribution is 5.90. The fourth-order valence-electron chi connectivity index (χ4n) is 2.25. The van der Waals surface area contributed by atoms with Crippen molar-refractivity contribution < 1.29 is 4.79 Å². The molecule has 1 aromatic carbocycles. The monoisotopic (exact) mass is 268 g/mol. The highest BCUT2D eigenvalue weighted by atomic mass is 16.2. The van der Waals surface area contributed by atoms with Gasteiger partial charge in [-0.25, -0.2) is 9.97 Å². The van der Waals surface area contributed by atoms with Crippen molar-refractivity contribution in [3.8, 4) is 11.1 Å². The standard InChI is InChI=1S/C15H16N4O/c20-15(19-13-6-7-16-10-13)14-17-8-12(9-18-14)11-4-2-1-3-5-11/h1-5,8-9,13,16H,6-7,10H2,(H,19,20)/t13-/m1/s1. The largest absolute Gasteiger partial charge is 0.345 e. The number of hydrogen-bond donors (Lipinski definition) is 2. The first-order valence-corrected chi connectivity index (χ1v) is 6.72. The Morgan fingerprint density at radius 3 is 2.55 bits per heavy atom. The molecule has 2 N–H and O–H groups in total. The second kappa shape index (κ2) is 5.79. The van der Waals surface area contributed by atoms with Gasteiger partial charge >= 0.3 is 0 Å². The molecule has 102 valence electrons. The molecule has 0 bridgehead atoms. The van der Waals surface area contributed by atoms with Crippen LogP contribution in [0, 0.1) is 0 Å². The summed E-state index contributed by atoms with van der Waals surface area (Å²) in [6, 6.07) is 10.0. The SMILES string of the molecule is O=C(N[C@@H]1CCNC1)c1ncc(-c2ccccc2)cn1. The molecular formula is C15H16N4O. The fourth-order valence-corrected chi connectivity index (χ4v) is 2.25. The van der Waals surface area contributed by atoms with Crippen LogP contribution in [0.1, 0.15) is 17.0 Å². The smallest absolute Gasteiger partial charge is 0.289 e. The van der Waals surface area contributed by atoms with Crippen molar-refractivity contribution in [3.05, 3.63) is 48.5 Å². The van der Waals surface area contributed by atoms with Crippen LogP contribution in [0.15, 0.2) is 42.7 Å². The van der Waals surface area contributed by atoms with Gasteiger partial charge in [-0.2, -0.15) is 0 Å². The first kappa shape index (κ1) is 12.7. The highest BCUT2D eigenvalue weighted by Crippen LogP contribution is 2.16. The van der Waals surface area contributed by atoms with E-state index in [0.717, 1.165) is 30.6 Å². The van der Waals surface area contributed by atoms with Gasteiger partial charge in [-0.3, -0.25) is 4.79 Å². The number of aromatic nitrogens is 2. The highest BCUT2D eigenvalue weighted by Gasteiger charge is 2.18. The fraction of sp³-hybridized carbons (Fsp3) is 0.267. The maximum atomic E-state index is 12.0. The van der Waals surface area contributed by atoms with E-state index in [1.165, 1.54) is 0 Å². The molecule has 1 aliphatic rings. The third-order valence-electron chi connectivity index (χ3n) is 3.36. The van der Waals surface area contributed by atoms with Crippen LogP contribution >= 0.6 is 0 Å². The molecule has 0 radical (unpaired) electrons. The second-order valence-corrected chi connectivity index (χ2v) is 4.82. The Balaban J connectivity index is 1.71. The lowest BCUT2D eigenvalue weighted by Gasteiger charge is -2.10. The third-order valence-corrected chi connectivity index (χ3v) is 3.36. The van der Waals surface area contributed by atoms with Crippen molar-refractivity contribution in [1.29, 1.82) is 0 Å². The quantitative estimate of drug-likeness (QED) is 0.879. The van der Waals surface area contributed by atoms with Crippen LogP contribution in [0.5, 0.6) is 0 Å². The molecule has 1 aromatic heterocycles. The second-order valence-electron chi connectivity index (χ2n) is 4.82. The van der Waals surface area contributed by atoms with E-state index < -0.39 is 0 Å². The van der Waals surface area contributed by atoms with Gasteiger partial charge in [-0.15, -0.1) is 0 Å². The Kier molecular flexibility index (Phi) is 3.69. The molecule has 1 aliphatic heterocycles. The van der Waals surface area contributed by atoms with Gasteiger partial charge in [0.1, 0.15) is 0 Å². The van der Waals surface area contributed by atoms with Crippen molar-refractivity contribution in [2.45, 2.75) is 12.5 Å². The molecule has 1 saturated heterocycles. The zero-order valence-electron chi connectivity index (χ0n) is 11.0. The van der Waals surface area contributed by atoms with Crippen LogP contribution in [-0.2, 0) is 0 Å². The first-order valence-electron chi connectivity index (χ1n) is 6.72. The summed E-state index contributed by atoms with van der Waals surface area (Å²) in [5, 5.41) is 6.13. The summed E-state index contributed by atoms with van der Waals surface area (Å²) in [6.07, 6.45) is 4.32. The Labute approximate surface area is 117 Å². The first-order chi connectivity index (χ1) is 9.83. The average molecular weight is 268 g/mol. The summed E-state index contributed by atoms with van der Waals surface area (Å²) < 4.78 is 0. The molecule has 3 rings (SSSR count). The minimum atomic E-state index is -0.210. The molecule has 0 unspecified atom stereocenters. The van der Waals surface area contributed by atoms with Crippen LogP contribution in [0.4, 0.5) is 0 Å². The van der Waals surface area contributed by atoms with Gasteiger partial charge in [0.15, 0.2) is 0 Å². The Morgan fingerprint density at radius 1 is 1.15 bits per heavy atom. The van der Waals surface area contributed by atoms with Gasteiger partial charge in [0.05, 0.1) is 0 Å². The topological polar surface area (TPSA) is 66.9 Å². The average Bonchev–Trinajstić information content (AvgIpc) is 3.01. The normalized spacial score (nSPS) is 17.9. The van der Waals surface area contributed by atoms with E-state index in [0.29, 0.717) is 0 Å².